The van der Waals surface area contributed by atoms with Gasteiger partial charge in [0.1, 0.15) is 0 Å². The van der Waals surface area contributed by atoms with Gasteiger partial charge in [-0.2, -0.15) is 0 Å². The van der Waals surface area contributed by atoms with E-state index in [-0.39, 0.29) is 5.91 Å². The largest absolute Gasteiger partial charge is 0.326 e. The van der Waals surface area contributed by atoms with Crippen LogP contribution in [0.25, 0.3) is 0 Å². The molecule has 2 rings (SSSR count). The number of anilines is 1. The topological polar surface area (TPSA) is 58.4 Å². The number of nitrogens with zero attached hydrogens (tertiary/aromatic N) is 1. The van der Waals surface area contributed by atoms with Crippen molar-refractivity contribution >= 4 is 11.6 Å². The average molecular weight is 289 g/mol. The Bertz CT molecular complexity index is 439. The quantitative estimate of drug-likeness (QED) is 0.846. The first kappa shape index (κ1) is 16.0. The van der Waals surface area contributed by atoms with Gasteiger partial charge in [0.2, 0.25) is 5.91 Å². The fourth-order valence-corrected chi connectivity index (χ4v) is 2.86. The molecule has 1 fully saturated rings. The van der Waals surface area contributed by atoms with Crippen molar-refractivity contribution in [1.82, 2.24) is 4.90 Å². The molecule has 3 N–H and O–H groups in total. The number of rotatable bonds is 6. The Morgan fingerprint density at radius 2 is 1.86 bits per heavy atom. The number of hydrogen-bond acceptors (Lipinski definition) is 3. The fourth-order valence-electron chi connectivity index (χ4n) is 2.86. The summed E-state index contributed by atoms with van der Waals surface area (Å²) in [6, 6.07) is 7.73. The van der Waals surface area contributed by atoms with E-state index in [4.69, 9.17) is 5.73 Å². The van der Waals surface area contributed by atoms with Gasteiger partial charge >= 0.3 is 0 Å². The lowest BCUT2D eigenvalue weighted by Gasteiger charge is -2.19. The molecule has 1 aliphatic rings. The summed E-state index contributed by atoms with van der Waals surface area (Å²) in [5.41, 5.74) is 7.51. The molecule has 21 heavy (non-hydrogen) atoms. The molecule has 1 heterocycles. The smallest absolute Gasteiger partial charge is 0.224 e. The Morgan fingerprint density at radius 3 is 2.57 bits per heavy atom. The first-order valence-electron chi connectivity index (χ1n) is 8.10. The molecular weight excluding hydrogens is 262 g/mol. The molecule has 116 valence electrons. The summed E-state index contributed by atoms with van der Waals surface area (Å²) in [6.45, 7) is 3.87. The Morgan fingerprint density at radius 1 is 1.14 bits per heavy atom. The number of hydrogen-bond donors (Lipinski definition) is 2. The molecule has 0 spiro atoms. The van der Waals surface area contributed by atoms with Gasteiger partial charge in [-0.1, -0.05) is 31.0 Å². The number of nitrogens with two attached hydrogens (primary N) is 1. The van der Waals surface area contributed by atoms with Crippen LogP contribution in [-0.2, 0) is 11.3 Å². The molecule has 1 aliphatic heterocycles. The molecule has 1 aromatic carbocycles. The van der Waals surface area contributed by atoms with Crippen molar-refractivity contribution in [3.05, 3.63) is 29.8 Å². The normalized spacial score (nSPS) is 16.4. The van der Waals surface area contributed by atoms with E-state index in [0.29, 0.717) is 13.0 Å². The average Bonchev–Trinajstić information content (AvgIpc) is 2.76. The lowest BCUT2D eigenvalue weighted by Crippen LogP contribution is -2.26. The van der Waals surface area contributed by atoms with Crippen LogP contribution in [0.1, 0.15) is 44.1 Å². The molecule has 0 radical (unpaired) electrons. The third-order valence-electron chi connectivity index (χ3n) is 4.09. The van der Waals surface area contributed by atoms with Gasteiger partial charge in [-0.15, -0.1) is 0 Å². The van der Waals surface area contributed by atoms with Crippen LogP contribution in [0.3, 0.4) is 0 Å². The van der Waals surface area contributed by atoms with Crippen molar-refractivity contribution in [1.29, 1.82) is 0 Å². The summed E-state index contributed by atoms with van der Waals surface area (Å²) >= 11 is 0. The highest BCUT2D eigenvalue weighted by atomic mass is 16.1. The van der Waals surface area contributed by atoms with E-state index in [2.05, 4.69) is 10.2 Å². The Kier molecular flexibility index (Phi) is 6.70. The second-order valence-corrected chi connectivity index (χ2v) is 5.77. The summed E-state index contributed by atoms with van der Waals surface area (Å²) in [7, 11) is 0. The number of benzene rings is 1. The molecule has 0 aliphatic carbocycles. The summed E-state index contributed by atoms with van der Waals surface area (Å²) < 4.78 is 0. The van der Waals surface area contributed by atoms with E-state index in [1.807, 2.05) is 24.3 Å². The third kappa shape index (κ3) is 5.48. The minimum atomic E-state index is 0.0886. The number of nitrogens with one attached hydrogen (secondary N) is 1. The van der Waals surface area contributed by atoms with Crippen molar-refractivity contribution in [3.63, 3.8) is 0 Å². The van der Waals surface area contributed by atoms with Crippen molar-refractivity contribution in [2.75, 3.05) is 25.0 Å². The maximum atomic E-state index is 12.0. The van der Waals surface area contributed by atoms with Crippen LogP contribution in [-0.4, -0.2) is 30.4 Å². The van der Waals surface area contributed by atoms with Crippen LogP contribution in [0.4, 0.5) is 5.69 Å². The van der Waals surface area contributed by atoms with Crippen molar-refractivity contribution in [2.24, 2.45) is 5.73 Å². The highest BCUT2D eigenvalue weighted by molar-refractivity contribution is 5.91. The third-order valence-corrected chi connectivity index (χ3v) is 4.09. The van der Waals surface area contributed by atoms with E-state index in [0.717, 1.165) is 24.2 Å². The van der Waals surface area contributed by atoms with Crippen molar-refractivity contribution < 1.29 is 4.79 Å². The second kappa shape index (κ2) is 8.80. The molecule has 0 unspecified atom stereocenters. The predicted molar refractivity (Wildman–Crippen MR) is 87.1 cm³/mol. The molecule has 1 aromatic rings. The molecule has 0 atom stereocenters. The fraction of sp³-hybridized carbons (Fsp3) is 0.588. The molecule has 4 heteroatoms. The van der Waals surface area contributed by atoms with E-state index >= 15 is 0 Å². The number of amides is 1. The number of carbonyl (C=O) groups excluding carboxylic acids is 1. The Labute approximate surface area is 127 Å². The zero-order valence-corrected chi connectivity index (χ0v) is 12.8. The molecule has 0 saturated carbocycles. The Hall–Kier alpha value is -1.39. The molecule has 1 saturated heterocycles. The lowest BCUT2D eigenvalue weighted by atomic mass is 10.1. The predicted octanol–water partition coefficient (Wildman–Crippen LogP) is 2.74. The zero-order valence-electron chi connectivity index (χ0n) is 12.8. The molecule has 0 bridgehead atoms. The van der Waals surface area contributed by atoms with Crippen LogP contribution in [0.15, 0.2) is 24.3 Å². The molecule has 0 aromatic heterocycles. The van der Waals surface area contributed by atoms with Crippen LogP contribution in [0.5, 0.6) is 0 Å². The standard InChI is InChI=1S/C17H27N3O/c18-14-15-8-3-4-9-16(15)19-17(21)10-7-13-20-11-5-1-2-6-12-20/h3-4,8-9H,1-2,5-7,10-14,18H2,(H,19,21). The zero-order chi connectivity index (χ0) is 14.9. The first-order chi connectivity index (χ1) is 10.3. The Balaban J connectivity index is 1.72. The molecular formula is C17H27N3O. The molecule has 4 nitrogen and oxygen atoms in total. The van der Waals surface area contributed by atoms with E-state index in [1.165, 1.54) is 38.8 Å². The van der Waals surface area contributed by atoms with Crippen LogP contribution in [0.2, 0.25) is 0 Å². The minimum Gasteiger partial charge on any atom is -0.326 e. The molecule has 1 amide bonds. The van der Waals surface area contributed by atoms with Gasteiger partial charge < -0.3 is 16.0 Å². The second-order valence-electron chi connectivity index (χ2n) is 5.77. The highest BCUT2D eigenvalue weighted by Gasteiger charge is 2.10. The van der Waals surface area contributed by atoms with Gasteiger partial charge in [0, 0.05) is 18.7 Å². The first-order valence-corrected chi connectivity index (χ1v) is 8.10. The summed E-state index contributed by atoms with van der Waals surface area (Å²) in [4.78, 5) is 14.5. The van der Waals surface area contributed by atoms with Gasteiger partial charge in [0.05, 0.1) is 0 Å². The van der Waals surface area contributed by atoms with Gasteiger partial charge in [-0.3, -0.25) is 4.79 Å². The van der Waals surface area contributed by atoms with Gasteiger partial charge in [0.25, 0.3) is 0 Å². The maximum absolute atomic E-state index is 12.0. The van der Waals surface area contributed by atoms with Crippen LogP contribution >= 0.6 is 0 Å². The van der Waals surface area contributed by atoms with Crippen molar-refractivity contribution in [2.45, 2.75) is 45.1 Å². The summed E-state index contributed by atoms with van der Waals surface area (Å²) in [5, 5.41) is 2.97. The monoisotopic (exact) mass is 289 g/mol. The highest BCUT2D eigenvalue weighted by Crippen LogP contribution is 2.15. The maximum Gasteiger partial charge on any atom is 0.224 e. The SMILES string of the molecule is NCc1ccccc1NC(=O)CCCN1CCCCCC1. The van der Waals surface area contributed by atoms with E-state index in [1.54, 1.807) is 0 Å². The lowest BCUT2D eigenvalue weighted by molar-refractivity contribution is -0.116. The van der Waals surface area contributed by atoms with Crippen LogP contribution in [0, 0.1) is 0 Å². The number of para-hydroxylation sites is 1. The van der Waals surface area contributed by atoms with Gasteiger partial charge in [-0.25, -0.2) is 0 Å². The number of carbonyl (C=O) groups is 1. The minimum absolute atomic E-state index is 0.0886. The van der Waals surface area contributed by atoms with E-state index < -0.39 is 0 Å². The number of likely N-dealkylation sites (tertiary alicyclic amines) is 1. The van der Waals surface area contributed by atoms with Crippen molar-refractivity contribution in [3.8, 4) is 0 Å². The summed E-state index contributed by atoms with van der Waals surface area (Å²) in [6.07, 6.45) is 6.82. The van der Waals surface area contributed by atoms with Gasteiger partial charge in [0.15, 0.2) is 0 Å². The van der Waals surface area contributed by atoms with Gasteiger partial charge in [-0.05, 0) is 50.5 Å². The summed E-state index contributed by atoms with van der Waals surface area (Å²) in [5.74, 6) is 0.0886. The van der Waals surface area contributed by atoms with E-state index in [9.17, 15) is 4.79 Å². The van der Waals surface area contributed by atoms with Crippen LogP contribution < -0.4 is 11.1 Å².